The topological polar surface area (TPSA) is 97.5 Å². The fraction of sp³-hybridized carbons (Fsp3) is 0.214. The van der Waals surface area contributed by atoms with Gasteiger partial charge in [-0.05, 0) is 23.1 Å². The molecule has 0 radical (unpaired) electrons. The Hall–Kier alpha value is -1.92. The predicted molar refractivity (Wildman–Crippen MR) is 76.3 cm³/mol. The van der Waals surface area contributed by atoms with Gasteiger partial charge in [-0.2, -0.15) is 0 Å². The first-order valence-electron chi connectivity index (χ1n) is 6.11. The van der Waals surface area contributed by atoms with Gasteiger partial charge in [0.2, 0.25) is 10.0 Å². The van der Waals surface area contributed by atoms with Crippen molar-refractivity contribution in [3.8, 4) is 0 Å². The number of primary sulfonamides is 1. The Balaban J connectivity index is 2.73. The van der Waals surface area contributed by atoms with Gasteiger partial charge in [0, 0.05) is 0 Å². The summed E-state index contributed by atoms with van der Waals surface area (Å²) in [6.45, 7) is 1.85. The molecule has 1 unspecified atom stereocenters. The minimum absolute atomic E-state index is 0.171. The number of carboxylic acid groups (broad SMARTS) is 1. The number of hydrogen-bond acceptors (Lipinski definition) is 3. The lowest BCUT2D eigenvalue weighted by Crippen LogP contribution is -2.30. The van der Waals surface area contributed by atoms with Crippen LogP contribution in [0.2, 0.25) is 0 Å². The van der Waals surface area contributed by atoms with Crippen molar-refractivity contribution < 1.29 is 18.3 Å². The van der Waals surface area contributed by atoms with Crippen LogP contribution in [0.15, 0.2) is 47.6 Å². The summed E-state index contributed by atoms with van der Waals surface area (Å²) in [6.07, 6.45) is 1.97. The lowest BCUT2D eigenvalue weighted by molar-refractivity contribution is -0.132. The maximum Gasteiger partial charge on any atom is 0.333 e. The summed E-state index contributed by atoms with van der Waals surface area (Å²) in [5.74, 6) is -1.26. The van der Waals surface area contributed by atoms with Crippen LogP contribution in [0.25, 0.3) is 5.57 Å². The molecule has 3 N–H and O–H groups in total. The molecule has 0 spiro atoms. The van der Waals surface area contributed by atoms with Gasteiger partial charge in [-0.15, -0.1) is 0 Å². The highest BCUT2D eigenvalue weighted by Crippen LogP contribution is 2.38. The monoisotopic (exact) mass is 293 g/mol. The van der Waals surface area contributed by atoms with Gasteiger partial charge in [-0.3, -0.25) is 0 Å². The van der Waals surface area contributed by atoms with Crippen LogP contribution < -0.4 is 5.14 Å². The zero-order valence-electron chi connectivity index (χ0n) is 10.9. The number of benzene rings is 1. The van der Waals surface area contributed by atoms with Crippen LogP contribution in [0.5, 0.6) is 0 Å². The molecule has 1 aromatic rings. The first kappa shape index (κ1) is 14.5. The molecular formula is C14H15NO4S. The van der Waals surface area contributed by atoms with Gasteiger partial charge in [-0.1, -0.05) is 43.3 Å². The largest absolute Gasteiger partial charge is 0.478 e. The summed E-state index contributed by atoms with van der Waals surface area (Å²) in [5, 5.41) is 13.3. The van der Waals surface area contributed by atoms with Crippen LogP contribution in [0.3, 0.4) is 0 Å². The van der Waals surface area contributed by atoms with E-state index in [2.05, 4.69) is 0 Å². The van der Waals surface area contributed by atoms with Gasteiger partial charge in [0.15, 0.2) is 0 Å². The SMILES string of the molecule is CCC1=CC(S(N)(=O)=O)C(C(=O)O)=C1c1ccccc1. The van der Waals surface area contributed by atoms with Crippen molar-refractivity contribution in [3.63, 3.8) is 0 Å². The molecule has 1 aliphatic rings. The second-order valence-corrected chi connectivity index (χ2v) is 6.20. The summed E-state index contributed by atoms with van der Waals surface area (Å²) in [4.78, 5) is 11.5. The minimum Gasteiger partial charge on any atom is -0.478 e. The van der Waals surface area contributed by atoms with Crippen molar-refractivity contribution >= 4 is 21.6 Å². The molecule has 1 aromatic carbocycles. The quantitative estimate of drug-likeness (QED) is 0.879. The number of hydrogen-bond donors (Lipinski definition) is 2. The first-order chi connectivity index (χ1) is 9.36. The Kier molecular flexibility index (Phi) is 3.78. The number of allylic oxidation sites excluding steroid dienone is 2. The average molecular weight is 293 g/mol. The molecule has 1 aliphatic carbocycles. The van der Waals surface area contributed by atoms with E-state index in [1.165, 1.54) is 6.08 Å². The van der Waals surface area contributed by atoms with E-state index < -0.39 is 21.2 Å². The fourth-order valence-electron chi connectivity index (χ4n) is 2.39. The molecule has 0 amide bonds. The van der Waals surface area contributed by atoms with E-state index >= 15 is 0 Å². The van der Waals surface area contributed by atoms with Crippen LogP contribution in [0.4, 0.5) is 0 Å². The Morgan fingerprint density at radius 1 is 1.30 bits per heavy atom. The van der Waals surface area contributed by atoms with Crippen LogP contribution in [-0.2, 0) is 14.8 Å². The van der Waals surface area contributed by atoms with Crippen molar-refractivity contribution in [2.45, 2.75) is 18.6 Å². The molecular weight excluding hydrogens is 278 g/mol. The summed E-state index contributed by atoms with van der Waals surface area (Å²) in [5.41, 5.74) is 1.66. The molecule has 0 saturated heterocycles. The van der Waals surface area contributed by atoms with E-state index in [-0.39, 0.29) is 5.57 Å². The molecule has 5 nitrogen and oxygen atoms in total. The second-order valence-electron chi connectivity index (χ2n) is 4.51. The number of aliphatic carboxylic acids is 1. The Morgan fingerprint density at radius 3 is 2.35 bits per heavy atom. The minimum atomic E-state index is -4.00. The van der Waals surface area contributed by atoms with Crippen molar-refractivity contribution in [2.75, 3.05) is 0 Å². The smallest absolute Gasteiger partial charge is 0.333 e. The van der Waals surface area contributed by atoms with Crippen LogP contribution in [0, 0.1) is 0 Å². The van der Waals surface area contributed by atoms with Crippen molar-refractivity contribution in [1.82, 2.24) is 0 Å². The van der Waals surface area contributed by atoms with E-state index in [0.29, 0.717) is 23.1 Å². The molecule has 0 aromatic heterocycles. The molecule has 1 atom stereocenters. The third-order valence-corrected chi connectivity index (χ3v) is 4.33. The predicted octanol–water partition coefficient (Wildman–Crippen LogP) is 1.53. The molecule has 0 aliphatic heterocycles. The highest BCUT2D eigenvalue weighted by molar-refractivity contribution is 7.90. The van der Waals surface area contributed by atoms with E-state index in [1.807, 2.05) is 13.0 Å². The second kappa shape index (κ2) is 5.22. The van der Waals surface area contributed by atoms with Crippen LogP contribution >= 0.6 is 0 Å². The fourth-order valence-corrected chi connectivity index (χ4v) is 3.29. The average Bonchev–Trinajstić information content (AvgIpc) is 2.79. The standard InChI is InChI=1S/C14H15NO4S/c1-2-9-8-11(20(15,18)19)13(14(16)17)12(9)10-6-4-3-5-7-10/h3-8,11H,2H2,1H3,(H,16,17)(H2,15,18,19). The summed E-state index contributed by atoms with van der Waals surface area (Å²) < 4.78 is 23.2. The first-order valence-corrected chi connectivity index (χ1v) is 7.72. The highest BCUT2D eigenvalue weighted by atomic mass is 32.2. The van der Waals surface area contributed by atoms with E-state index in [1.54, 1.807) is 24.3 Å². The molecule has 20 heavy (non-hydrogen) atoms. The van der Waals surface area contributed by atoms with E-state index in [4.69, 9.17) is 5.14 Å². The summed E-state index contributed by atoms with van der Waals surface area (Å²) >= 11 is 0. The van der Waals surface area contributed by atoms with Crippen molar-refractivity contribution in [1.29, 1.82) is 0 Å². The van der Waals surface area contributed by atoms with Gasteiger partial charge in [0.05, 0.1) is 5.57 Å². The summed E-state index contributed by atoms with van der Waals surface area (Å²) in [6, 6.07) is 8.88. The number of nitrogens with two attached hydrogens (primary N) is 1. The van der Waals surface area contributed by atoms with E-state index in [0.717, 1.165) is 0 Å². The molecule has 2 rings (SSSR count). The third-order valence-electron chi connectivity index (χ3n) is 3.26. The zero-order chi connectivity index (χ0) is 14.9. The lowest BCUT2D eigenvalue weighted by atomic mass is 9.96. The van der Waals surface area contributed by atoms with Gasteiger partial charge < -0.3 is 5.11 Å². The molecule has 106 valence electrons. The molecule has 0 bridgehead atoms. The maximum atomic E-state index is 11.6. The van der Waals surface area contributed by atoms with Crippen molar-refractivity contribution in [3.05, 3.63) is 53.1 Å². The van der Waals surface area contributed by atoms with Crippen molar-refractivity contribution in [2.24, 2.45) is 5.14 Å². The molecule has 0 saturated carbocycles. The molecule has 6 heteroatoms. The number of rotatable bonds is 4. The number of sulfonamides is 1. The zero-order valence-corrected chi connectivity index (χ0v) is 11.7. The third kappa shape index (κ3) is 2.52. The normalized spacial score (nSPS) is 19.1. The van der Waals surface area contributed by atoms with Gasteiger partial charge >= 0.3 is 5.97 Å². The van der Waals surface area contributed by atoms with Gasteiger partial charge in [0.25, 0.3) is 0 Å². The van der Waals surface area contributed by atoms with Gasteiger partial charge in [0.1, 0.15) is 5.25 Å². The number of carboxylic acids is 1. The van der Waals surface area contributed by atoms with Crippen LogP contribution in [0.1, 0.15) is 18.9 Å². The Bertz CT molecular complexity index is 702. The highest BCUT2D eigenvalue weighted by Gasteiger charge is 2.37. The van der Waals surface area contributed by atoms with Crippen LogP contribution in [-0.4, -0.2) is 24.7 Å². The maximum absolute atomic E-state index is 11.6. The molecule has 0 fully saturated rings. The summed E-state index contributed by atoms with van der Waals surface area (Å²) in [7, 11) is -4.00. The Labute approximate surface area is 117 Å². The van der Waals surface area contributed by atoms with E-state index in [9.17, 15) is 18.3 Å². The number of carbonyl (C=O) groups is 1. The molecule has 0 heterocycles. The lowest BCUT2D eigenvalue weighted by Gasteiger charge is -2.11. The van der Waals surface area contributed by atoms with Gasteiger partial charge in [-0.25, -0.2) is 18.4 Å². The Morgan fingerprint density at radius 2 is 1.90 bits per heavy atom.